The summed E-state index contributed by atoms with van der Waals surface area (Å²) in [6.07, 6.45) is 0. The average molecular weight is 853 g/mol. The van der Waals surface area contributed by atoms with Crippen LogP contribution in [0.3, 0.4) is 0 Å². The van der Waals surface area contributed by atoms with Gasteiger partial charge in [-0.15, -0.1) is 0 Å². The molecule has 13 rings (SSSR count). The second kappa shape index (κ2) is 15.8. The van der Waals surface area contributed by atoms with E-state index in [0.29, 0.717) is 0 Å². The maximum Gasteiger partial charge on any atom is 0.0734 e. The van der Waals surface area contributed by atoms with E-state index in [1.165, 1.54) is 93.9 Å². The van der Waals surface area contributed by atoms with Crippen molar-refractivity contribution in [2.75, 3.05) is 4.90 Å². The molecule has 0 saturated heterocycles. The Morgan fingerprint density at radius 1 is 0.313 bits per heavy atom. The highest BCUT2D eigenvalue weighted by Gasteiger charge is 2.48. The van der Waals surface area contributed by atoms with Crippen molar-refractivity contribution in [3.05, 3.63) is 289 Å². The van der Waals surface area contributed by atoms with Crippen molar-refractivity contribution in [2.45, 2.75) is 5.41 Å². The number of nitrogens with zero attached hydrogens (tertiary/aromatic N) is 2. The molecule has 314 valence electrons. The molecule has 0 radical (unpaired) electrons. The van der Waals surface area contributed by atoms with Gasteiger partial charge in [-0.05, 0) is 122 Å². The molecule has 12 aromatic rings. The van der Waals surface area contributed by atoms with Crippen LogP contribution in [0.5, 0.6) is 0 Å². The number of fused-ring (bicyclic) bond motifs is 7. The van der Waals surface area contributed by atoms with Gasteiger partial charge in [0.2, 0.25) is 0 Å². The SMILES string of the molecule is c1ccc(N(c2ccc(-c3cccc(-c4ccc5c6ccccc6n(-c6cccc7c6C(c6ccccc6)(c6ccccc6)c6ccccc6-7)c5c4)c3)cc2)c2ccc3ccccc3c2)cc1. The van der Waals surface area contributed by atoms with Crippen molar-refractivity contribution in [1.82, 2.24) is 4.57 Å². The Hall–Kier alpha value is -8.72. The lowest BCUT2D eigenvalue weighted by Crippen LogP contribution is -2.29. The highest BCUT2D eigenvalue weighted by molar-refractivity contribution is 6.11. The van der Waals surface area contributed by atoms with Crippen LogP contribution >= 0.6 is 0 Å². The summed E-state index contributed by atoms with van der Waals surface area (Å²) < 4.78 is 2.54. The third-order valence-electron chi connectivity index (χ3n) is 14.0. The Morgan fingerprint density at radius 3 is 1.64 bits per heavy atom. The Balaban J connectivity index is 0.948. The summed E-state index contributed by atoms with van der Waals surface area (Å²) in [6, 6.07) is 98.0. The number of hydrogen-bond donors (Lipinski definition) is 0. The third-order valence-corrected chi connectivity index (χ3v) is 14.0. The molecule has 2 heteroatoms. The predicted octanol–water partition coefficient (Wildman–Crippen LogP) is 17.1. The zero-order chi connectivity index (χ0) is 44.3. The molecule has 0 fully saturated rings. The van der Waals surface area contributed by atoms with Crippen LogP contribution in [0.4, 0.5) is 17.1 Å². The molecular formula is C65H44N2. The van der Waals surface area contributed by atoms with Crippen LogP contribution in [0.15, 0.2) is 267 Å². The molecule has 1 aromatic heterocycles. The molecule has 11 aromatic carbocycles. The standard InChI is InChI=1S/C65H44N2/c1-4-22-51(23-5-1)65(52-24-6-2-7-25-52)60-31-14-12-28-56(60)59-30-17-33-62(64(59)65)67-61-32-15-13-29-57(61)58-41-37-50(44-63(58)67)48-21-16-20-47(42-48)46-34-38-54(39-35-46)66(53-26-8-3-9-27-53)55-40-36-45-18-10-11-19-49(45)43-55/h1-44H. The minimum Gasteiger partial charge on any atom is -0.310 e. The average Bonchev–Trinajstić information content (AvgIpc) is 3.90. The van der Waals surface area contributed by atoms with E-state index in [-0.39, 0.29) is 0 Å². The molecule has 0 spiro atoms. The summed E-state index contributed by atoms with van der Waals surface area (Å²) in [6.45, 7) is 0. The van der Waals surface area contributed by atoms with Crippen LogP contribution in [0.25, 0.3) is 71.6 Å². The van der Waals surface area contributed by atoms with Crippen LogP contribution in [0.1, 0.15) is 22.3 Å². The van der Waals surface area contributed by atoms with E-state index in [4.69, 9.17) is 0 Å². The quantitative estimate of drug-likeness (QED) is 0.148. The van der Waals surface area contributed by atoms with Gasteiger partial charge in [0, 0.05) is 33.4 Å². The van der Waals surface area contributed by atoms with Crippen molar-refractivity contribution >= 4 is 49.6 Å². The molecule has 0 aliphatic heterocycles. The van der Waals surface area contributed by atoms with Gasteiger partial charge in [0.1, 0.15) is 0 Å². The first-order valence-electron chi connectivity index (χ1n) is 23.2. The Kier molecular flexibility index (Phi) is 9.11. The lowest BCUT2D eigenvalue weighted by atomic mass is 9.67. The third kappa shape index (κ3) is 6.18. The molecule has 67 heavy (non-hydrogen) atoms. The summed E-state index contributed by atoms with van der Waals surface area (Å²) in [5.41, 5.74) is 18.7. The number of rotatable bonds is 8. The molecular weight excluding hydrogens is 809 g/mol. The van der Waals surface area contributed by atoms with Gasteiger partial charge in [-0.2, -0.15) is 0 Å². The fourth-order valence-electron chi connectivity index (χ4n) is 11.1. The lowest BCUT2D eigenvalue weighted by molar-refractivity contribution is 0.762. The first-order valence-corrected chi connectivity index (χ1v) is 23.2. The highest BCUT2D eigenvalue weighted by Crippen LogP contribution is 2.58. The van der Waals surface area contributed by atoms with Gasteiger partial charge in [0.15, 0.2) is 0 Å². The van der Waals surface area contributed by atoms with E-state index in [9.17, 15) is 0 Å². The highest BCUT2D eigenvalue weighted by atomic mass is 15.1. The first-order chi connectivity index (χ1) is 33.2. The van der Waals surface area contributed by atoms with Crippen LogP contribution in [-0.2, 0) is 5.41 Å². The summed E-state index contributed by atoms with van der Waals surface area (Å²) in [5.74, 6) is 0. The number of hydrogen-bond acceptors (Lipinski definition) is 1. The Labute approximate surface area is 390 Å². The Bertz CT molecular complexity index is 3750. The van der Waals surface area contributed by atoms with Gasteiger partial charge in [-0.1, -0.05) is 206 Å². The number of anilines is 3. The first kappa shape index (κ1) is 38.7. The molecule has 1 heterocycles. The summed E-state index contributed by atoms with van der Waals surface area (Å²) >= 11 is 0. The van der Waals surface area contributed by atoms with Crippen molar-refractivity contribution in [2.24, 2.45) is 0 Å². The van der Waals surface area contributed by atoms with Crippen molar-refractivity contribution in [3.63, 3.8) is 0 Å². The van der Waals surface area contributed by atoms with Crippen LogP contribution < -0.4 is 4.90 Å². The monoisotopic (exact) mass is 852 g/mol. The fourth-order valence-corrected chi connectivity index (χ4v) is 11.1. The summed E-state index contributed by atoms with van der Waals surface area (Å²) in [7, 11) is 0. The minimum absolute atomic E-state index is 0.544. The van der Waals surface area contributed by atoms with E-state index >= 15 is 0 Å². The lowest BCUT2D eigenvalue weighted by Gasteiger charge is -2.35. The molecule has 1 aliphatic rings. The molecule has 0 N–H and O–H groups in total. The summed E-state index contributed by atoms with van der Waals surface area (Å²) in [4.78, 5) is 2.34. The van der Waals surface area contributed by atoms with Crippen molar-refractivity contribution in [3.8, 4) is 39.1 Å². The number of para-hydroxylation sites is 2. The van der Waals surface area contributed by atoms with E-state index in [1.807, 2.05) is 0 Å². The van der Waals surface area contributed by atoms with Gasteiger partial charge in [0.05, 0.1) is 22.1 Å². The zero-order valence-corrected chi connectivity index (χ0v) is 36.8. The minimum atomic E-state index is -0.544. The smallest absolute Gasteiger partial charge is 0.0734 e. The molecule has 0 bridgehead atoms. The van der Waals surface area contributed by atoms with Crippen LogP contribution in [0.2, 0.25) is 0 Å². The summed E-state index contributed by atoms with van der Waals surface area (Å²) in [5, 5.41) is 4.93. The van der Waals surface area contributed by atoms with Gasteiger partial charge in [-0.3, -0.25) is 0 Å². The number of benzene rings is 11. The molecule has 0 saturated carbocycles. The Morgan fingerprint density at radius 2 is 0.866 bits per heavy atom. The van der Waals surface area contributed by atoms with E-state index in [0.717, 1.165) is 17.1 Å². The van der Waals surface area contributed by atoms with Crippen molar-refractivity contribution < 1.29 is 0 Å². The van der Waals surface area contributed by atoms with Gasteiger partial charge >= 0.3 is 0 Å². The van der Waals surface area contributed by atoms with Crippen LogP contribution in [-0.4, -0.2) is 4.57 Å². The van der Waals surface area contributed by atoms with E-state index in [1.54, 1.807) is 0 Å². The second-order valence-corrected chi connectivity index (χ2v) is 17.6. The zero-order valence-electron chi connectivity index (χ0n) is 36.8. The molecule has 0 amide bonds. The maximum atomic E-state index is 2.54. The molecule has 1 aliphatic carbocycles. The van der Waals surface area contributed by atoms with Crippen LogP contribution in [0, 0.1) is 0 Å². The maximum absolute atomic E-state index is 2.54. The molecule has 2 nitrogen and oxygen atoms in total. The predicted molar refractivity (Wildman–Crippen MR) is 281 cm³/mol. The van der Waals surface area contributed by atoms with E-state index < -0.39 is 5.41 Å². The van der Waals surface area contributed by atoms with Crippen molar-refractivity contribution in [1.29, 1.82) is 0 Å². The fraction of sp³-hybridized carbons (Fsp3) is 0.0154. The second-order valence-electron chi connectivity index (χ2n) is 17.6. The topological polar surface area (TPSA) is 8.17 Å². The molecule has 0 atom stereocenters. The normalized spacial score (nSPS) is 12.6. The van der Waals surface area contributed by atoms with Gasteiger partial charge in [0.25, 0.3) is 0 Å². The largest absolute Gasteiger partial charge is 0.310 e. The van der Waals surface area contributed by atoms with Gasteiger partial charge in [-0.25, -0.2) is 0 Å². The van der Waals surface area contributed by atoms with Gasteiger partial charge < -0.3 is 9.47 Å². The molecule has 0 unspecified atom stereocenters. The number of aromatic nitrogens is 1. The van der Waals surface area contributed by atoms with E-state index in [2.05, 4.69) is 276 Å².